The largest absolute Gasteiger partial charge is 0.331 e. The number of carbonyl (C=O) groups is 2. The average molecular weight is 461 g/mol. The molecule has 168 valence electrons. The monoisotopic (exact) mass is 460 g/mol. The summed E-state index contributed by atoms with van der Waals surface area (Å²) in [6, 6.07) is 5.43. The van der Waals surface area contributed by atoms with Gasteiger partial charge >= 0.3 is 6.03 Å². The molecular weight excluding hydrogens is 436 g/mol. The first kappa shape index (κ1) is 20.3. The second kappa shape index (κ2) is 8.24. The van der Waals surface area contributed by atoms with Crippen molar-refractivity contribution in [1.29, 1.82) is 0 Å². The van der Waals surface area contributed by atoms with E-state index in [-0.39, 0.29) is 11.9 Å². The van der Waals surface area contributed by atoms with Gasteiger partial charge in [-0.3, -0.25) is 14.7 Å². The van der Waals surface area contributed by atoms with Crippen molar-refractivity contribution in [2.24, 2.45) is 0 Å². The van der Waals surface area contributed by atoms with E-state index in [1.165, 1.54) is 24.2 Å². The number of urea groups is 1. The zero-order chi connectivity index (χ0) is 22.4. The smallest absolute Gasteiger partial charge is 0.324 e. The van der Waals surface area contributed by atoms with Gasteiger partial charge < -0.3 is 16.0 Å². The Hall–Kier alpha value is -3.30. The Bertz CT molecular complexity index is 1290. The molecule has 0 aromatic carbocycles. The van der Waals surface area contributed by atoms with E-state index in [4.69, 9.17) is 0 Å². The van der Waals surface area contributed by atoms with Crippen molar-refractivity contribution in [3.63, 3.8) is 0 Å². The molecule has 3 aromatic heterocycles. The number of carbonyl (C=O) groups excluding carboxylic acids is 2. The predicted molar refractivity (Wildman–Crippen MR) is 129 cm³/mol. The van der Waals surface area contributed by atoms with Crippen LogP contribution in [0.2, 0.25) is 0 Å². The molecule has 1 saturated carbocycles. The van der Waals surface area contributed by atoms with Crippen molar-refractivity contribution in [2.75, 3.05) is 23.3 Å². The van der Waals surface area contributed by atoms with E-state index < -0.39 is 0 Å². The van der Waals surface area contributed by atoms with Gasteiger partial charge in [0.1, 0.15) is 9.71 Å². The van der Waals surface area contributed by atoms with Crippen LogP contribution in [0.15, 0.2) is 42.4 Å². The number of hydrogen-bond acceptors (Lipinski definition) is 6. The normalized spacial score (nSPS) is 18.4. The number of amides is 3. The molecule has 0 atom stereocenters. The SMILES string of the molecule is O=C(NC1=CCCNC1)c1sc2nccc3c2c1NC(=O)N3c1ccnc(C2CCCC2)c1. The van der Waals surface area contributed by atoms with Gasteiger partial charge in [0.25, 0.3) is 5.91 Å². The third kappa shape index (κ3) is 3.57. The summed E-state index contributed by atoms with van der Waals surface area (Å²) in [5, 5.41) is 9.99. The zero-order valence-corrected chi connectivity index (χ0v) is 18.9. The number of anilines is 3. The molecule has 3 N–H and O–H groups in total. The summed E-state index contributed by atoms with van der Waals surface area (Å²) in [4.78, 5) is 38.3. The lowest BCUT2D eigenvalue weighted by molar-refractivity contribution is 0.0969. The van der Waals surface area contributed by atoms with Crippen molar-refractivity contribution in [2.45, 2.75) is 38.0 Å². The van der Waals surface area contributed by atoms with E-state index in [9.17, 15) is 9.59 Å². The minimum atomic E-state index is -0.287. The molecule has 1 fully saturated rings. The third-order valence-electron chi connectivity index (χ3n) is 6.55. The molecule has 0 spiro atoms. The number of pyridine rings is 2. The fraction of sp³-hybridized carbons (Fsp3) is 0.333. The van der Waals surface area contributed by atoms with Gasteiger partial charge in [0.15, 0.2) is 0 Å². The highest BCUT2D eigenvalue weighted by Gasteiger charge is 2.33. The Balaban J connectivity index is 1.40. The van der Waals surface area contributed by atoms with E-state index in [0.29, 0.717) is 23.0 Å². The van der Waals surface area contributed by atoms with Crippen LogP contribution in [0.25, 0.3) is 10.2 Å². The van der Waals surface area contributed by atoms with Gasteiger partial charge in [0.05, 0.1) is 22.4 Å². The standard InChI is InChI=1S/C24H24N6O2S/c31-22(28-15-6-3-9-25-13-15)21-20-19-18(8-11-27-23(19)33-21)30(24(32)29-20)16-7-10-26-17(12-16)14-4-1-2-5-14/h6-8,10-12,14,25H,1-5,9,13H2,(H,28,31)(H,29,32). The maximum atomic E-state index is 13.3. The highest BCUT2D eigenvalue weighted by Crippen LogP contribution is 2.46. The highest BCUT2D eigenvalue weighted by atomic mass is 32.1. The number of hydrogen-bond donors (Lipinski definition) is 3. The molecule has 6 rings (SSSR count). The van der Waals surface area contributed by atoms with Gasteiger partial charge in [-0.1, -0.05) is 18.9 Å². The minimum absolute atomic E-state index is 0.227. The van der Waals surface area contributed by atoms with Crippen LogP contribution in [0.3, 0.4) is 0 Å². The molecule has 0 unspecified atom stereocenters. The van der Waals surface area contributed by atoms with Crippen LogP contribution in [-0.4, -0.2) is 35.0 Å². The van der Waals surface area contributed by atoms with Crippen LogP contribution in [0.4, 0.5) is 21.9 Å². The van der Waals surface area contributed by atoms with Crippen molar-refractivity contribution in [3.05, 3.63) is 52.9 Å². The van der Waals surface area contributed by atoms with Crippen molar-refractivity contribution in [3.8, 4) is 0 Å². The van der Waals surface area contributed by atoms with E-state index >= 15 is 0 Å². The molecule has 33 heavy (non-hydrogen) atoms. The molecule has 0 radical (unpaired) electrons. The van der Waals surface area contributed by atoms with Gasteiger partial charge in [0.2, 0.25) is 0 Å². The molecule has 5 heterocycles. The van der Waals surface area contributed by atoms with Crippen molar-refractivity contribution in [1.82, 2.24) is 20.6 Å². The first-order chi connectivity index (χ1) is 16.2. The Morgan fingerprint density at radius 3 is 2.85 bits per heavy atom. The molecule has 3 aliphatic rings. The molecule has 3 amide bonds. The lowest BCUT2D eigenvalue weighted by Gasteiger charge is -2.28. The Morgan fingerprint density at radius 1 is 1.18 bits per heavy atom. The van der Waals surface area contributed by atoms with Crippen LogP contribution >= 0.6 is 11.3 Å². The number of thiophene rings is 1. The molecule has 9 heteroatoms. The molecule has 3 aromatic rings. The number of nitrogens with one attached hydrogen (secondary N) is 3. The molecule has 8 nitrogen and oxygen atoms in total. The Kier molecular flexibility index (Phi) is 5.07. The van der Waals surface area contributed by atoms with Crippen LogP contribution in [0.1, 0.15) is 53.4 Å². The lowest BCUT2D eigenvalue weighted by Crippen LogP contribution is -2.35. The average Bonchev–Trinajstić information content (AvgIpc) is 3.50. The molecular formula is C24H24N6O2S. The summed E-state index contributed by atoms with van der Waals surface area (Å²) in [6.07, 6.45) is 11.1. The van der Waals surface area contributed by atoms with Gasteiger partial charge in [-0.15, -0.1) is 11.3 Å². The Morgan fingerprint density at radius 2 is 2.03 bits per heavy atom. The topological polar surface area (TPSA) is 99.2 Å². The molecule has 2 aliphatic heterocycles. The van der Waals surface area contributed by atoms with E-state index in [0.717, 1.165) is 58.8 Å². The van der Waals surface area contributed by atoms with Gasteiger partial charge in [-0.05, 0) is 44.0 Å². The third-order valence-corrected chi connectivity index (χ3v) is 7.65. The number of nitrogens with zero attached hydrogens (tertiary/aromatic N) is 3. The van der Waals surface area contributed by atoms with E-state index in [2.05, 4.69) is 25.9 Å². The summed E-state index contributed by atoms with van der Waals surface area (Å²) < 4.78 is 0. The summed E-state index contributed by atoms with van der Waals surface area (Å²) in [5.74, 6) is 0.223. The van der Waals surface area contributed by atoms with Gasteiger partial charge in [-0.2, -0.15) is 0 Å². The molecule has 0 bridgehead atoms. The summed E-state index contributed by atoms with van der Waals surface area (Å²) in [7, 11) is 0. The summed E-state index contributed by atoms with van der Waals surface area (Å²) in [5.41, 5.74) is 3.93. The lowest BCUT2D eigenvalue weighted by atomic mass is 10.0. The minimum Gasteiger partial charge on any atom is -0.324 e. The zero-order valence-electron chi connectivity index (χ0n) is 18.1. The predicted octanol–water partition coefficient (Wildman–Crippen LogP) is 4.64. The molecule has 1 aliphatic carbocycles. The first-order valence-corrected chi connectivity index (χ1v) is 12.2. The quantitative estimate of drug-likeness (QED) is 0.527. The van der Waals surface area contributed by atoms with Crippen LogP contribution in [-0.2, 0) is 0 Å². The first-order valence-electron chi connectivity index (χ1n) is 11.4. The second-order valence-corrected chi connectivity index (χ2v) is 9.65. The maximum Gasteiger partial charge on any atom is 0.331 e. The fourth-order valence-electron chi connectivity index (χ4n) is 4.96. The van der Waals surface area contributed by atoms with Crippen LogP contribution in [0, 0.1) is 0 Å². The van der Waals surface area contributed by atoms with E-state index in [1.54, 1.807) is 17.3 Å². The second-order valence-electron chi connectivity index (χ2n) is 8.65. The van der Waals surface area contributed by atoms with Crippen LogP contribution in [0.5, 0.6) is 0 Å². The van der Waals surface area contributed by atoms with Gasteiger partial charge in [0, 0.05) is 36.2 Å². The van der Waals surface area contributed by atoms with Crippen molar-refractivity contribution >= 4 is 50.6 Å². The van der Waals surface area contributed by atoms with Gasteiger partial charge in [-0.25, -0.2) is 9.78 Å². The Labute approximate surface area is 195 Å². The maximum absolute atomic E-state index is 13.3. The van der Waals surface area contributed by atoms with Crippen LogP contribution < -0.4 is 20.9 Å². The van der Waals surface area contributed by atoms with Crippen molar-refractivity contribution < 1.29 is 9.59 Å². The summed E-state index contributed by atoms with van der Waals surface area (Å²) >= 11 is 1.30. The highest BCUT2D eigenvalue weighted by molar-refractivity contribution is 7.21. The fourth-order valence-corrected chi connectivity index (χ4v) is 5.98. The number of rotatable bonds is 4. The molecule has 0 saturated heterocycles. The van der Waals surface area contributed by atoms with E-state index in [1.807, 2.05) is 24.3 Å². The number of aromatic nitrogens is 2. The summed E-state index contributed by atoms with van der Waals surface area (Å²) in [6.45, 7) is 1.53.